The van der Waals surface area contributed by atoms with Gasteiger partial charge in [-0.3, -0.25) is 9.59 Å². The second kappa shape index (κ2) is 7.04. The number of nitrogens with zero attached hydrogens (tertiary/aromatic N) is 3. The summed E-state index contributed by atoms with van der Waals surface area (Å²) in [7, 11) is 0. The highest BCUT2D eigenvalue weighted by Crippen LogP contribution is 2.38. The molecule has 2 amide bonds. The molecule has 1 aromatic heterocycles. The Morgan fingerprint density at radius 1 is 1.17 bits per heavy atom. The molecule has 1 saturated carbocycles. The van der Waals surface area contributed by atoms with Crippen LogP contribution in [0.3, 0.4) is 0 Å². The van der Waals surface area contributed by atoms with Gasteiger partial charge >= 0.3 is 0 Å². The third kappa shape index (κ3) is 4.14. The Labute approximate surface area is 144 Å². The molecule has 1 aliphatic carbocycles. The number of hydrogen-bond donors (Lipinski definition) is 2. The zero-order valence-electron chi connectivity index (χ0n) is 13.6. The first-order valence-electron chi connectivity index (χ1n) is 7.75. The van der Waals surface area contributed by atoms with E-state index in [0.717, 1.165) is 23.8 Å². The van der Waals surface area contributed by atoms with Crippen LogP contribution in [0.1, 0.15) is 31.6 Å². The number of benzene rings is 1. The molecule has 126 valence electrons. The number of anilines is 2. The molecule has 1 fully saturated rings. The SMILES string of the molecule is CC(=O)Nc1ccc(NC(=O)CSc2nnc(C)n2C2CC2)cc1. The van der Waals surface area contributed by atoms with Crippen molar-refractivity contribution in [3.05, 3.63) is 30.1 Å². The first kappa shape index (κ1) is 16.5. The monoisotopic (exact) mass is 345 g/mol. The third-order valence-electron chi connectivity index (χ3n) is 3.57. The second-order valence-corrected chi connectivity index (χ2v) is 6.67. The molecular weight excluding hydrogens is 326 g/mol. The maximum absolute atomic E-state index is 12.1. The van der Waals surface area contributed by atoms with Crippen LogP contribution in [-0.2, 0) is 9.59 Å². The van der Waals surface area contributed by atoms with Gasteiger partial charge in [0.05, 0.1) is 5.75 Å². The Morgan fingerprint density at radius 2 is 1.79 bits per heavy atom. The first-order valence-corrected chi connectivity index (χ1v) is 8.73. The molecule has 0 radical (unpaired) electrons. The van der Waals surface area contributed by atoms with Gasteiger partial charge in [0.1, 0.15) is 5.82 Å². The lowest BCUT2D eigenvalue weighted by Crippen LogP contribution is -2.14. The van der Waals surface area contributed by atoms with Crippen molar-refractivity contribution in [1.29, 1.82) is 0 Å². The lowest BCUT2D eigenvalue weighted by molar-refractivity contribution is -0.114. The van der Waals surface area contributed by atoms with Crippen LogP contribution in [0.4, 0.5) is 11.4 Å². The van der Waals surface area contributed by atoms with E-state index in [-0.39, 0.29) is 17.6 Å². The van der Waals surface area contributed by atoms with Crippen LogP contribution in [0, 0.1) is 6.92 Å². The molecule has 3 rings (SSSR count). The molecule has 0 atom stereocenters. The van der Waals surface area contributed by atoms with Crippen molar-refractivity contribution in [3.63, 3.8) is 0 Å². The Balaban J connectivity index is 1.53. The van der Waals surface area contributed by atoms with Gasteiger partial charge in [0.2, 0.25) is 11.8 Å². The van der Waals surface area contributed by atoms with E-state index in [9.17, 15) is 9.59 Å². The van der Waals surface area contributed by atoms with Gasteiger partial charge in [0.15, 0.2) is 5.16 Å². The summed E-state index contributed by atoms with van der Waals surface area (Å²) in [4.78, 5) is 23.1. The zero-order valence-corrected chi connectivity index (χ0v) is 14.4. The van der Waals surface area contributed by atoms with E-state index in [1.165, 1.54) is 18.7 Å². The van der Waals surface area contributed by atoms with Crippen molar-refractivity contribution in [2.75, 3.05) is 16.4 Å². The van der Waals surface area contributed by atoms with Crippen LogP contribution in [0.25, 0.3) is 0 Å². The van der Waals surface area contributed by atoms with Crippen LogP contribution >= 0.6 is 11.8 Å². The average molecular weight is 345 g/mol. The van der Waals surface area contributed by atoms with E-state index in [1.54, 1.807) is 24.3 Å². The molecule has 2 N–H and O–H groups in total. The van der Waals surface area contributed by atoms with E-state index < -0.39 is 0 Å². The van der Waals surface area contributed by atoms with Crippen LogP contribution in [0.2, 0.25) is 0 Å². The normalized spacial score (nSPS) is 13.6. The molecule has 1 heterocycles. The number of hydrogen-bond acceptors (Lipinski definition) is 5. The van der Waals surface area contributed by atoms with Crippen molar-refractivity contribution < 1.29 is 9.59 Å². The molecule has 0 unspecified atom stereocenters. The average Bonchev–Trinajstić information content (AvgIpc) is 3.30. The lowest BCUT2D eigenvalue weighted by atomic mass is 10.3. The summed E-state index contributed by atoms with van der Waals surface area (Å²) in [6.45, 7) is 3.39. The maximum Gasteiger partial charge on any atom is 0.234 e. The van der Waals surface area contributed by atoms with Crippen LogP contribution in [0.15, 0.2) is 29.4 Å². The molecular formula is C16H19N5O2S. The Morgan fingerprint density at radius 3 is 2.38 bits per heavy atom. The second-order valence-electron chi connectivity index (χ2n) is 5.73. The highest BCUT2D eigenvalue weighted by Gasteiger charge is 2.28. The van der Waals surface area contributed by atoms with Gasteiger partial charge in [0, 0.05) is 24.3 Å². The number of thioether (sulfide) groups is 1. The van der Waals surface area contributed by atoms with Crippen molar-refractivity contribution in [1.82, 2.24) is 14.8 Å². The number of aryl methyl sites for hydroxylation is 1. The summed E-state index contributed by atoms with van der Waals surface area (Å²) in [5.74, 6) is 0.945. The van der Waals surface area contributed by atoms with E-state index in [4.69, 9.17) is 0 Å². The Kier molecular flexibility index (Phi) is 4.84. The van der Waals surface area contributed by atoms with E-state index in [2.05, 4.69) is 25.4 Å². The quantitative estimate of drug-likeness (QED) is 0.786. The van der Waals surface area contributed by atoms with Gasteiger partial charge in [-0.1, -0.05) is 11.8 Å². The molecule has 7 nitrogen and oxygen atoms in total. The summed E-state index contributed by atoms with van der Waals surface area (Å²) in [6, 6.07) is 7.50. The predicted molar refractivity (Wildman–Crippen MR) is 93.1 cm³/mol. The number of carbonyl (C=O) groups excluding carboxylic acids is 2. The van der Waals surface area contributed by atoms with Crippen LogP contribution in [0.5, 0.6) is 0 Å². The van der Waals surface area contributed by atoms with E-state index >= 15 is 0 Å². The molecule has 1 aromatic carbocycles. The lowest BCUT2D eigenvalue weighted by Gasteiger charge is -2.08. The minimum atomic E-state index is -0.127. The molecule has 2 aromatic rings. The van der Waals surface area contributed by atoms with Gasteiger partial charge in [-0.25, -0.2) is 0 Å². The van der Waals surface area contributed by atoms with Gasteiger partial charge in [-0.15, -0.1) is 10.2 Å². The fraction of sp³-hybridized carbons (Fsp3) is 0.375. The topological polar surface area (TPSA) is 88.9 Å². The maximum atomic E-state index is 12.1. The molecule has 0 spiro atoms. The first-order chi connectivity index (χ1) is 11.5. The van der Waals surface area contributed by atoms with Crippen molar-refractivity contribution in [2.45, 2.75) is 37.9 Å². The van der Waals surface area contributed by atoms with E-state index in [0.29, 0.717) is 17.4 Å². The van der Waals surface area contributed by atoms with Gasteiger partial charge in [-0.05, 0) is 44.0 Å². The molecule has 1 aliphatic rings. The van der Waals surface area contributed by atoms with Gasteiger partial charge < -0.3 is 15.2 Å². The number of amides is 2. The third-order valence-corrected chi connectivity index (χ3v) is 4.51. The van der Waals surface area contributed by atoms with Crippen LogP contribution in [-0.4, -0.2) is 32.3 Å². The number of nitrogens with one attached hydrogen (secondary N) is 2. The predicted octanol–water partition coefficient (Wildman–Crippen LogP) is 2.61. The smallest absolute Gasteiger partial charge is 0.234 e. The fourth-order valence-electron chi connectivity index (χ4n) is 2.37. The number of carbonyl (C=O) groups is 2. The molecule has 24 heavy (non-hydrogen) atoms. The summed E-state index contributed by atoms with van der Waals surface area (Å²) in [6.07, 6.45) is 2.30. The summed E-state index contributed by atoms with van der Waals surface area (Å²) in [5, 5.41) is 14.6. The summed E-state index contributed by atoms with van der Waals surface area (Å²) >= 11 is 1.40. The van der Waals surface area contributed by atoms with Crippen molar-refractivity contribution in [2.24, 2.45) is 0 Å². The van der Waals surface area contributed by atoms with Crippen LogP contribution < -0.4 is 10.6 Å². The highest BCUT2D eigenvalue weighted by atomic mass is 32.2. The Hall–Kier alpha value is -2.35. The highest BCUT2D eigenvalue weighted by molar-refractivity contribution is 7.99. The van der Waals surface area contributed by atoms with Gasteiger partial charge in [-0.2, -0.15) is 0 Å². The van der Waals surface area contributed by atoms with Crippen molar-refractivity contribution >= 4 is 35.0 Å². The zero-order chi connectivity index (χ0) is 17.1. The van der Waals surface area contributed by atoms with Gasteiger partial charge in [0.25, 0.3) is 0 Å². The minimum Gasteiger partial charge on any atom is -0.326 e. The largest absolute Gasteiger partial charge is 0.326 e. The van der Waals surface area contributed by atoms with Crippen molar-refractivity contribution in [3.8, 4) is 0 Å². The molecule has 0 bridgehead atoms. The summed E-state index contributed by atoms with van der Waals surface area (Å²) in [5.41, 5.74) is 1.39. The number of rotatable bonds is 6. The molecule has 8 heteroatoms. The molecule has 0 saturated heterocycles. The summed E-state index contributed by atoms with van der Waals surface area (Å²) < 4.78 is 2.11. The fourth-order valence-corrected chi connectivity index (χ4v) is 3.22. The number of aromatic nitrogens is 3. The molecule has 0 aliphatic heterocycles. The minimum absolute atomic E-state index is 0.102. The standard InChI is InChI=1S/C16H19N5O2S/c1-10-19-20-16(21(10)14-7-8-14)24-9-15(23)18-13-5-3-12(4-6-13)17-11(2)22/h3-6,14H,7-9H2,1-2H3,(H,17,22)(H,18,23). The Bertz CT molecular complexity index is 752. The van der Waals surface area contributed by atoms with E-state index in [1.807, 2.05) is 6.92 Å².